The smallest absolute Gasteiger partial charge is 0.0490 e. The Hall–Kier alpha value is -1.09. The van der Waals surface area contributed by atoms with Crippen LogP contribution >= 0.6 is 0 Å². The average molecular weight is 245 g/mol. The second-order valence-corrected chi connectivity index (χ2v) is 5.76. The van der Waals surface area contributed by atoms with Gasteiger partial charge in [-0.25, -0.2) is 0 Å². The summed E-state index contributed by atoms with van der Waals surface area (Å²) in [6.45, 7) is 3.78. The molecule has 3 rings (SSSR count). The van der Waals surface area contributed by atoms with E-state index in [1.54, 1.807) is 0 Å². The van der Waals surface area contributed by atoms with Gasteiger partial charge in [0.2, 0.25) is 0 Å². The van der Waals surface area contributed by atoms with Crippen molar-refractivity contribution >= 4 is 0 Å². The third kappa shape index (κ3) is 2.83. The molecule has 0 saturated carbocycles. The Morgan fingerprint density at radius 1 is 1.33 bits per heavy atom. The molecule has 3 nitrogen and oxygen atoms in total. The zero-order valence-corrected chi connectivity index (χ0v) is 11.0. The molecule has 3 heteroatoms. The maximum atomic E-state index is 4.09. The van der Waals surface area contributed by atoms with E-state index in [-0.39, 0.29) is 0 Å². The van der Waals surface area contributed by atoms with Crippen molar-refractivity contribution in [2.24, 2.45) is 5.92 Å². The van der Waals surface area contributed by atoms with Gasteiger partial charge < -0.3 is 4.90 Å². The molecule has 0 radical (unpaired) electrons. The van der Waals surface area contributed by atoms with Gasteiger partial charge in [0.1, 0.15) is 0 Å². The monoisotopic (exact) mass is 245 g/mol. The number of nitrogens with zero attached hydrogens (tertiary/aromatic N) is 2. The van der Waals surface area contributed by atoms with Crippen LogP contribution in [0.25, 0.3) is 0 Å². The van der Waals surface area contributed by atoms with Gasteiger partial charge in [-0.15, -0.1) is 0 Å². The van der Waals surface area contributed by atoms with Crippen LogP contribution < -0.4 is 0 Å². The van der Waals surface area contributed by atoms with Crippen molar-refractivity contribution < 1.29 is 0 Å². The number of hydrogen-bond donors (Lipinski definition) is 1. The molecule has 0 unspecified atom stereocenters. The van der Waals surface area contributed by atoms with E-state index in [2.05, 4.69) is 33.3 Å². The van der Waals surface area contributed by atoms with Crippen LogP contribution in [0.3, 0.4) is 0 Å². The summed E-state index contributed by atoms with van der Waals surface area (Å²) in [5, 5.41) is 7.23. The Kier molecular flexibility index (Phi) is 3.79. The second-order valence-electron chi connectivity index (χ2n) is 5.76. The van der Waals surface area contributed by atoms with Gasteiger partial charge in [-0.1, -0.05) is 12.2 Å². The van der Waals surface area contributed by atoms with Gasteiger partial charge in [0.15, 0.2) is 0 Å². The van der Waals surface area contributed by atoms with Crippen LogP contribution in [-0.4, -0.2) is 34.7 Å². The van der Waals surface area contributed by atoms with Gasteiger partial charge in [-0.2, -0.15) is 5.10 Å². The van der Waals surface area contributed by atoms with E-state index in [0.29, 0.717) is 5.92 Å². The van der Waals surface area contributed by atoms with Crippen LogP contribution in [0.2, 0.25) is 0 Å². The topological polar surface area (TPSA) is 31.9 Å². The van der Waals surface area contributed by atoms with Crippen molar-refractivity contribution in [3.8, 4) is 0 Å². The van der Waals surface area contributed by atoms with Crippen molar-refractivity contribution in [1.29, 1.82) is 0 Å². The number of rotatable bonds is 3. The highest BCUT2D eigenvalue weighted by Gasteiger charge is 2.24. The predicted octanol–water partition coefficient (Wildman–Crippen LogP) is 2.95. The Bertz CT molecular complexity index is 382. The van der Waals surface area contributed by atoms with E-state index in [4.69, 9.17) is 0 Å². The lowest BCUT2D eigenvalue weighted by Gasteiger charge is -2.35. The molecule has 1 saturated heterocycles. The van der Waals surface area contributed by atoms with Crippen LogP contribution in [0.5, 0.6) is 0 Å². The number of piperidine rings is 1. The SMILES string of the molecule is C1=CC[C@H](CN2CCC[C@H](c3ccn[nH]3)C2)CC1. The average Bonchev–Trinajstić information content (AvgIpc) is 2.94. The highest BCUT2D eigenvalue weighted by atomic mass is 15.1. The number of aromatic nitrogens is 2. The molecule has 1 aromatic rings. The lowest BCUT2D eigenvalue weighted by molar-refractivity contribution is 0.172. The minimum atomic E-state index is 0.667. The molecule has 1 aromatic heterocycles. The standard InChI is InChI=1S/C15H23N3/c1-2-5-13(6-3-1)11-18-10-4-7-14(12-18)15-8-9-16-17-15/h1-2,8-9,13-14H,3-7,10-12H2,(H,16,17)/t13-,14-/m0/s1. The van der Waals surface area contributed by atoms with E-state index in [0.717, 1.165) is 5.92 Å². The van der Waals surface area contributed by atoms with Crippen molar-refractivity contribution in [1.82, 2.24) is 15.1 Å². The molecule has 0 spiro atoms. The van der Waals surface area contributed by atoms with Gasteiger partial charge >= 0.3 is 0 Å². The molecule has 2 aliphatic rings. The minimum Gasteiger partial charge on any atom is -0.302 e. The Labute approximate surface area is 109 Å². The molecule has 98 valence electrons. The first-order valence-corrected chi connectivity index (χ1v) is 7.28. The maximum absolute atomic E-state index is 4.09. The van der Waals surface area contributed by atoms with Crippen LogP contribution in [0.4, 0.5) is 0 Å². The molecule has 1 aliphatic heterocycles. The summed E-state index contributed by atoms with van der Waals surface area (Å²) in [5.74, 6) is 1.55. The minimum absolute atomic E-state index is 0.667. The Balaban J connectivity index is 1.55. The van der Waals surface area contributed by atoms with Crippen molar-refractivity contribution in [2.75, 3.05) is 19.6 Å². The molecular formula is C15H23N3. The van der Waals surface area contributed by atoms with E-state index >= 15 is 0 Å². The first-order chi connectivity index (χ1) is 8.92. The van der Waals surface area contributed by atoms with Crippen molar-refractivity contribution in [3.05, 3.63) is 30.1 Å². The number of H-pyrrole nitrogens is 1. The zero-order valence-electron chi connectivity index (χ0n) is 11.0. The quantitative estimate of drug-likeness (QED) is 0.830. The molecule has 2 atom stereocenters. The number of hydrogen-bond acceptors (Lipinski definition) is 2. The molecule has 2 heterocycles. The fourth-order valence-corrected chi connectivity index (χ4v) is 3.36. The van der Waals surface area contributed by atoms with Crippen LogP contribution in [0.15, 0.2) is 24.4 Å². The van der Waals surface area contributed by atoms with Crippen LogP contribution in [0.1, 0.15) is 43.7 Å². The van der Waals surface area contributed by atoms with E-state index < -0.39 is 0 Å². The van der Waals surface area contributed by atoms with E-state index in [1.807, 2.05) is 6.20 Å². The Morgan fingerprint density at radius 3 is 3.11 bits per heavy atom. The summed E-state index contributed by atoms with van der Waals surface area (Å²) in [6.07, 6.45) is 13.1. The second kappa shape index (κ2) is 5.70. The van der Waals surface area contributed by atoms with Crippen LogP contribution in [0, 0.1) is 5.92 Å². The molecule has 0 aromatic carbocycles. The maximum Gasteiger partial charge on any atom is 0.0490 e. The summed E-state index contributed by atoms with van der Waals surface area (Å²) in [7, 11) is 0. The number of aromatic amines is 1. The predicted molar refractivity (Wildman–Crippen MR) is 73.5 cm³/mol. The lowest BCUT2D eigenvalue weighted by atomic mass is 9.90. The molecule has 1 aliphatic carbocycles. The number of nitrogens with one attached hydrogen (secondary N) is 1. The summed E-state index contributed by atoms with van der Waals surface area (Å²) in [4.78, 5) is 2.67. The first-order valence-electron chi connectivity index (χ1n) is 7.28. The Morgan fingerprint density at radius 2 is 2.33 bits per heavy atom. The molecule has 18 heavy (non-hydrogen) atoms. The number of likely N-dealkylation sites (tertiary alicyclic amines) is 1. The first kappa shape index (κ1) is 12.0. The molecule has 1 N–H and O–H groups in total. The van der Waals surface area contributed by atoms with Gasteiger partial charge in [-0.3, -0.25) is 5.10 Å². The molecular weight excluding hydrogens is 222 g/mol. The van der Waals surface area contributed by atoms with Gasteiger partial charge in [0, 0.05) is 30.9 Å². The van der Waals surface area contributed by atoms with E-state index in [9.17, 15) is 0 Å². The summed E-state index contributed by atoms with van der Waals surface area (Å²) < 4.78 is 0. The van der Waals surface area contributed by atoms with Gasteiger partial charge in [0.05, 0.1) is 0 Å². The lowest BCUT2D eigenvalue weighted by Crippen LogP contribution is -2.38. The third-order valence-electron chi connectivity index (χ3n) is 4.36. The summed E-state index contributed by atoms with van der Waals surface area (Å²) in [6, 6.07) is 2.14. The van der Waals surface area contributed by atoms with Gasteiger partial charge in [0.25, 0.3) is 0 Å². The summed E-state index contributed by atoms with van der Waals surface area (Å²) >= 11 is 0. The van der Waals surface area contributed by atoms with Crippen molar-refractivity contribution in [2.45, 2.75) is 38.0 Å². The molecule has 0 amide bonds. The molecule has 1 fully saturated rings. The molecule has 0 bridgehead atoms. The largest absolute Gasteiger partial charge is 0.302 e. The highest BCUT2D eigenvalue weighted by Crippen LogP contribution is 2.27. The zero-order chi connectivity index (χ0) is 12.2. The van der Waals surface area contributed by atoms with Crippen LogP contribution in [-0.2, 0) is 0 Å². The highest BCUT2D eigenvalue weighted by molar-refractivity contribution is 5.07. The number of allylic oxidation sites excluding steroid dienone is 2. The van der Waals surface area contributed by atoms with Gasteiger partial charge in [-0.05, 0) is 50.6 Å². The fraction of sp³-hybridized carbons (Fsp3) is 0.667. The van der Waals surface area contributed by atoms with E-state index in [1.165, 1.54) is 57.4 Å². The summed E-state index contributed by atoms with van der Waals surface area (Å²) in [5.41, 5.74) is 1.32. The fourth-order valence-electron chi connectivity index (χ4n) is 3.36. The third-order valence-corrected chi connectivity index (χ3v) is 4.36. The normalized spacial score (nSPS) is 29.6. The van der Waals surface area contributed by atoms with Crippen molar-refractivity contribution in [3.63, 3.8) is 0 Å².